The topological polar surface area (TPSA) is 40.6 Å². The monoisotopic (exact) mass is 446 g/mol. The van der Waals surface area contributed by atoms with Crippen LogP contribution in [0.25, 0.3) is 0 Å². The molecule has 1 fully saturated rings. The lowest BCUT2D eigenvalue weighted by molar-refractivity contribution is -0.130. The molecule has 0 atom stereocenters. The maximum atomic E-state index is 12.9. The number of hydrogen-bond acceptors (Lipinski definition) is 3. The predicted molar refractivity (Wildman–Crippen MR) is 133 cm³/mol. The second-order valence-corrected chi connectivity index (χ2v) is 9.95. The van der Waals surface area contributed by atoms with Gasteiger partial charge in [0, 0.05) is 51.6 Å². The summed E-state index contributed by atoms with van der Waals surface area (Å²) in [5.74, 6) is 1.12. The zero-order valence-electron chi connectivity index (χ0n) is 20.3. The van der Waals surface area contributed by atoms with E-state index in [2.05, 4.69) is 48.2 Å². The number of nitrogens with zero attached hydrogens (tertiary/aromatic N) is 2. The maximum Gasteiger partial charge on any atom is 0.219 e. The number of hydrogen-bond donors (Lipinski definition) is 0. The molecule has 0 radical (unpaired) electrons. The van der Waals surface area contributed by atoms with Crippen LogP contribution in [0.5, 0.6) is 0 Å². The molecule has 2 aromatic carbocycles. The molecule has 2 aromatic rings. The van der Waals surface area contributed by atoms with E-state index in [0.29, 0.717) is 12.3 Å². The minimum atomic E-state index is 0.185. The molecule has 0 N–H and O–H groups in total. The van der Waals surface area contributed by atoms with Gasteiger partial charge in [-0.3, -0.25) is 14.5 Å². The predicted octanol–water partition coefficient (Wildman–Crippen LogP) is 5.21. The van der Waals surface area contributed by atoms with Crippen molar-refractivity contribution in [1.29, 1.82) is 0 Å². The van der Waals surface area contributed by atoms with Gasteiger partial charge in [-0.05, 0) is 79.7 Å². The first-order chi connectivity index (χ1) is 16.0. The largest absolute Gasteiger partial charge is 0.343 e. The molecular formula is C29H38N2O2. The number of amides is 1. The first-order valence-corrected chi connectivity index (χ1v) is 12.7. The van der Waals surface area contributed by atoms with Gasteiger partial charge in [-0.25, -0.2) is 0 Å². The lowest BCUT2D eigenvalue weighted by Gasteiger charge is -2.31. The van der Waals surface area contributed by atoms with E-state index in [1.807, 2.05) is 11.0 Å². The number of fused-ring (bicyclic) bond motifs is 1. The maximum absolute atomic E-state index is 12.9. The van der Waals surface area contributed by atoms with Crippen molar-refractivity contribution in [3.05, 3.63) is 70.3 Å². The number of ketones is 1. The highest BCUT2D eigenvalue weighted by Crippen LogP contribution is 2.24. The summed E-state index contributed by atoms with van der Waals surface area (Å²) in [4.78, 5) is 28.8. The summed E-state index contributed by atoms with van der Waals surface area (Å²) < 4.78 is 0. The van der Waals surface area contributed by atoms with Crippen LogP contribution in [0.2, 0.25) is 0 Å². The fraction of sp³-hybridized carbons (Fsp3) is 0.517. The Labute approximate surface area is 199 Å². The fourth-order valence-electron chi connectivity index (χ4n) is 5.36. The molecule has 1 amide bonds. The Hall–Kier alpha value is -2.46. The summed E-state index contributed by atoms with van der Waals surface area (Å²) >= 11 is 0. The van der Waals surface area contributed by atoms with Crippen LogP contribution in [-0.4, -0.2) is 47.7 Å². The molecule has 0 unspecified atom stereocenters. The van der Waals surface area contributed by atoms with Crippen molar-refractivity contribution >= 4 is 11.7 Å². The fourth-order valence-corrected chi connectivity index (χ4v) is 5.36. The molecule has 1 saturated heterocycles. The minimum absolute atomic E-state index is 0.185. The van der Waals surface area contributed by atoms with Crippen molar-refractivity contribution in [3.8, 4) is 0 Å². The van der Waals surface area contributed by atoms with E-state index in [1.54, 1.807) is 6.92 Å². The van der Waals surface area contributed by atoms with Crippen LogP contribution in [0.15, 0.2) is 42.5 Å². The van der Waals surface area contributed by atoms with Crippen LogP contribution in [-0.2, 0) is 24.2 Å². The average molecular weight is 447 g/mol. The van der Waals surface area contributed by atoms with E-state index in [1.165, 1.54) is 22.3 Å². The summed E-state index contributed by atoms with van der Waals surface area (Å²) in [6.45, 7) is 8.70. The number of likely N-dealkylation sites (tertiary alicyclic amines) is 1. The summed E-state index contributed by atoms with van der Waals surface area (Å²) in [5.41, 5.74) is 6.40. The standard InChI is InChI=1S/C29H38N2O2/c1-22-6-3-4-8-28(22)21-30-16-14-25-10-11-27(20-26(25)15-17-30)29(33)9-5-7-24-12-18-31(19-13-24)23(2)32/h3-4,6,8,10-11,20,24H,5,7,9,12-19,21H2,1-2H3. The summed E-state index contributed by atoms with van der Waals surface area (Å²) in [6, 6.07) is 15.1. The smallest absolute Gasteiger partial charge is 0.219 e. The molecule has 4 heteroatoms. The van der Waals surface area contributed by atoms with Gasteiger partial charge in [0.2, 0.25) is 5.91 Å². The summed E-state index contributed by atoms with van der Waals surface area (Å²) in [6.07, 6.45) is 6.88. The van der Waals surface area contributed by atoms with Gasteiger partial charge in [-0.1, -0.05) is 36.4 Å². The molecule has 0 saturated carbocycles. The first kappa shape index (κ1) is 23.7. The number of aryl methyl sites for hydroxylation is 1. The van der Waals surface area contributed by atoms with Crippen LogP contribution in [0.1, 0.15) is 71.6 Å². The van der Waals surface area contributed by atoms with E-state index in [0.717, 1.165) is 76.8 Å². The highest BCUT2D eigenvalue weighted by atomic mass is 16.2. The molecule has 0 aliphatic carbocycles. The van der Waals surface area contributed by atoms with Crippen LogP contribution in [0.4, 0.5) is 0 Å². The van der Waals surface area contributed by atoms with Crippen LogP contribution in [0, 0.1) is 12.8 Å². The van der Waals surface area contributed by atoms with Crippen LogP contribution >= 0.6 is 0 Å². The first-order valence-electron chi connectivity index (χ1n) is 12.7. The molecule has 4 nitrogen and oxygen atoms in total. The van der Waals surface area contributed by atoms with Gasteiger partial charge in [0.15, 0.2) is 5.78 Å². The Morgan fingerprint density at radius 2 is 1.67 bits per heavy atom. The Morgan fingerprint density at radius 3 is 2.39 bits per heavy atom. The number of carbonyl (C=O) groups is 2. The average Bonchev–Trinajstić information content (AvgIpc) is 3.02. The zero-order chi connectivity index (χ0) is 23.2. The Balaban J connectivity index is 1.26. The van der Waals surface area contributed by atoms with E-state index in [9.17, 15) is 9.59 Å². The molecule has 0 aromatic heterocycles. The Bertz CT molecular complexity index is 975. The third kappa shape index (κ3) is 6.32. The highest BCUT2D eigenvalue weighted by Gasteiger charge is 2.21. The molecule has 0 spiro atoms. The molecule has 4 rings (SSSR count). The van der Waals surface area contributed by atoms with Gasteiger partial charge in [-0.2, -0.15) is 0 Å². The number of carbonyl (C=O) groups excluding carboxylic acids is 2. The number of benzene rings is 2. The van der Waals surface area contributed by atoms with E-state index >= 15 is 0 Å². The van der Waals surface area contributed by atoms with Gasteiger partial charge in [0.1, 0.15) is 0 Å². The second-order valence-electron chi connectivity index (χ2n) is 9.95. The van der Waals surface area contributed by atoms with Crippen molar-refractivity contribution in [2.24, 2.45) is 5.92 Å². The molecule has 2 aliphatic rings. The van der Waals surface area contributed by atoms with Gasteiger partial charge >= 0.3 is 0 Å². The van der Waals surface area contributed by atoms with Gasteiger partial charge in [0.25, 0.3) is 0 Å². The lowest BCUT2D eigenvalue weighted by atomic mass is 9.90. The SMILES string of the molecule is CC(=O)N1CCC(CCCC(=O)c2ccc3c(c2)CCN(Cc2ccccc2C)CC3)CC1. The third-order valence-corrected chi connectivity index (χ3v) is 7.65. The van der Waals surface area contributed by atoms with E-state index in [4.69, 9.17) is 0 Å². The molecule has 176 valence electrons. The number of Topliss-reactive ketones (excluding diaryl/α,β-unsaturated/α-hetero) is 1. The Kier molecular flexibility index (Phi) is 7.97. The van der Waals surface area contributed by atoms with Crippen LogP contribution in [0.3, 0.4) is 0 Å². The third-order valence-electron chi connectivity index (χ3n) is 7.65. The quantitative estimate of drug-likeness (QED) is 0.549. The molecule has 2 aliphatic heterocycles. The van der Waals surface area contributed by atoms with E-state index in [-0.39, 0.29) is 11.7 Å². The van der Waals surface area contributed by atoms with Crippen molar-refractivity contribution in [2.45, 2.75) is 65.3 Å². The van der Waals surface area contributed by atoms with Crippen LogP contribution < -0.4 is 0 Å². The van der Waals surface area contributed by atoms with E-state index < -0.39 is 0 Å². The molecule has 33 heavy (non-hydrogen) atoms. The number of piperidine rings is 1. The molecule has 0 bridgehead atoms. The van der Waals surface area contributed by atoms with Crippen molar-refractivity contribution < 1.29 is 9.59 Å². The zero-order valence-corrected chi connectivity index (χ0v) is 20.3. The summed E-state index contributed by atoms with van der Waals surface area (Å²) in [5, 5.41) is 0. The van der Waals surface area contributed by atoms with Crippen molar-refractivity contribution in [3.63, 3.8) is 0 Å². The lowest BCUT2D eigenvalue weighted by Crippen LogP contribution is -2.36. The minimum Gasteiger partial charge on any atom is -0.343 e. The van der Waals surface area contributed by atoms with Gasteiger partial charge in [0.05, 0.1) is 0 Å². The van der Waals surface area contributed by atoms with Crippen molar-refractivity contribution in [2.75, 3.05) is 26.2 Å². The highest BCUT2D eigenvalue weighted by molar-refractivity contribution is 5.96. The summed E-state index contributed by atoms with van der Waals surface area (Å²) in [7, 11) is 0. The van der Waals surface area contributed by atoms with Gasteiger partial charge < -0.3 is 4.90 Å². The number of rotatable bonds is 7. The molecule has 2 heterocycles. The van der Waals surface area contributed by atoms with Crippen molar-refractivity contribution in [1.82, 2.24) is 9.80 Å². The molecular weight excluding hydrogens is 408 g/mol. The van der Waals surface area contributed by atoms with Gasteiger partial charge in [-0.15, -0.1) is 0 Å². The second kappa shape index (κ2) is 11.1. The Morgan fingerprint density at radius 1 is 0.939 bits per heavy atom. The normalized spacial score (nSPS) is 17.5.